The summed E-state index contributed by atoms with van der Waals surface area (Å²) in [6.45, 7) is 0. The van der Waals surface area contributed by atoms with Crippen LogP contribution in [0.5, 0.6) is 0 Å². The van der Waals surface area contributed by atoms with Crippen LogP contribution in [0.15, 0.2) is 152 Å². The van der Waals surface area contributed by atoms with E-state index in [4.69, 9.17) is 0 Å². The summed E-state index contributed by atoms with van der Waals surface area (Å²) in [6, 6.07) is 43.6. The maximum Gasteiger partial charge on any atom is 0.0284 e. The van der Waals surface area contributed by atoms with Crippen LogP contribution in [0.1, 0.15) is 35.4 Å². The summed E-state index contributed by atoms with van der Waals surface area (Å²) in [5.74, 6) is 0.372. The Kier molecular flexibility index (Phi) is 5.27. The third kappa shape index (κ3) is 3.66. The summed E-state index contributed by atoms with van der Waals surface area (Å²) in [5, 5.41) is 8.03. The lowest BCUT2D eigenvalue weighted by Crippen LogP contribution is -2.07. The van der Waals surface area contributed by atoms with Crippen molar-refractivity contribution < 1.29 is 0 Å². The molecule has 0 nitrogen and oxygen atoms in total. The standard InChI is InChI=1S/C45H30/c1-2-7-29(8-3-1)34-22-17-31-20-26-42-35(23-18-32-19-25-41(34)44(31)45(32)42)30-15-13-28(14-16-30)33-21-24-40-38-12-6-11-37(38)36-9-4-5-10-39(36)43(40)27-33/h2,4-27,37H,1,3H2/t37-/m1/s1. The molecule has 0 heteroatoms. The fraction of sp³-hybridized carbons (Fsp3) is 0.0667. The van der Waals surface area contributed by atoms with Gasteiger partial charge in [0, 0.05) is 5.92 Å². The van der Waals surface area contributed by atoms with E-state index in [0.29, 0.717) is 5.92 Å². The van der Waals surface area contributed by atoms with E-state index in [9.17, 15) is 0 Å². The molecule has 0 aromatic heterocycles. The van der Waals surface area contributed by atoms with Crippen LogP contribution in [0, 0.1) is 0 Å². The summed E-state index contributed by atoms with van der Waals surface area (Å²) in [6.07, 6.45) is 16.1. The molecule has 0 aliphatic heterocycles. The summed E-state index contributed by atoms with van der Waals surface area (Å²) >= 11 is 0. The number of allylic oxidation sites excluding steroid dienone is 8. The number of hydrogen-bond acceptors (Lipinski definition) is 0. The first-order valence-electron chi connectivity index (χ1n) is 16.1. The minimum absolute atomic E-state index is 0.372. The molecule has 0 unspecified atom stereocenters. The minimum atomic E-state index is 0.372. The van der Waals surface area contributed by atoms with Gasteiger partial charge >= 0.3 is 0 Å². The van der Waals surface area contributed by atoms with Gasteiger partial charge in [0.1, 0.15) is 0 Å². The summed E-state index contributed by atoms with van der Waals surface area (Å²) in [4.78, 5) is 0. The zero-order valence-corrected chi connectivity index (χ0v) is 24.9. The molecule has 0 heterocycles. The van der Waals surface area contributed by atoms with Gasteiger partial charge in [0.2, 0.25) is 0 Å². The first kappa shape index (κ1) is 24.9. The fourth-order valence-electron chi connectivity index (χ4n) is 8.18. The van der Waals surface area contributed by atoms with Gasteiger partial charge in [-0.05, 0) is 112 Å². The molecule has 0 saturated heterocycles. The van der Waals surface area contributed by atoms with Crippen LogP contribution < -0.4 is 0 Å². The Morgan fingerprint density at radius 1 is 0.511 bits per heavy atom. The Labute approximate surface area is 263 Å². The Balaban J connectivity index is 1.08. The molecule has 0 fully saturated rings. The molecule has 1 atom stereocenters. The molecule has 10 rings (SSSR count). The number of hydrogen-bond donors (Lipinski definition) is 0. The third-order valence-electron chi connectivity index (χ3n) is 10.3. The molecule has 0 spiro atoms. The molecular formula is C45H30. The summed E-state index contributed by atoms with van der Waals surface area (Å²) < 4.78 is 0. The van der Waals surface area contributed by atoms with Crippen LogP contribution in [0.4, 0.5) is 0 Å². The van der Waals surface area contributed by atoms with Crippen molar-refractivity contribution in [2.75, 3.05) is 0 Å². The van der Waals surface area contributed by atoms with Gasteiger partial charge < -0.3 is 0 Å². The van der Waals surface area contributed by atoms with Gasteiger partial charge in [0.05, 0.1) is 0 Å². The van der Waals surface area contributed by atoms with E-state index in [-0.39, 0.29) is 0 Å². The normalized spacial score (nSPS) is 16.6. The van der Waals surface area contributed by atoms with Crippen LogP contribution in [-0.2, 0) is 0 Å². The highest BCUT2D eigenvalue weighted by molar-refractivity contribution is 6.27. The van der Waals surface area contributed by atoms with Crippen LogP contribution in [-0.4, -0.2) is 0 Å². The SMILES string of the molecule is C1=C[C@H]2C(=C1)c1ccc(-c3ccc(-c4ccc5ccc6c(C7=CCCC=C7)ccc7ccc4c5c76)cc3)cc1-c1ccccc12. The Hall–Kier alpha value is -5.46. The van der Waals surface area contributed by atoms with Crippen molar-refractivity contribution in [3.63, 3.8) is 0 Å². The molecule has 3 aliphatic rings. The number of rotatable bonds is 3. The number of benzene rings is 7. The van der Waals surface area contributed by atoms with Crippen molar-refractivity contribution in [1.29, 1.82) is 0 Å². The molecule has 0 bridgehead atoms. The second kappa shape index (κ2) is 9.52. The minimum Gasteiger partial charge on any atom is -0.0836 e. The lowest BCUT2D eigenvalue weighted by atomic mass is 9.76. The third-order valence-corrected chi connectivity index (χ3v) is 10.3. The fourth-order valence-corrected chi connectivity index (χ4v) is 8.18. The quantitative estimate of drug-likeness (QED) is 0.185. The second-order valence-electron chi connectivity index (χ2n) is 12.7. The van der Waals surface area contributed by atoms with E-state index in [1.165, 1.54) is 93.5 Å². The molecule has 210 valence electrons. The van der Waals surface area contributed by atoms with E-state index < -0.39 is 0 Å². The lowest BCUT2D eigenvalue weighted by molar-refractivity contribution is 1.04. The topological polar surface area (TPSA) is 0 Å². The molecule has 0 amide bonds. The molecule has 0 saturated carbocycles. The lowest BCUT2D eigenvalue weighted by Gasteiger charge is -2.27. The second-order valence-corrected chi connectivity index (χ2v) is 12.7. The molecule has 0 N–H and O–H groups in total. The van der Waals surface area contributed by atoms with Gasteiger partial charge in [-0.25, -0.2) is 0 Å². The van der Waals surface area contributed by atoms with E-state index in [1.54, 1.807) is 0 Å². The highest BCUT2D eigenvalue weighted by Gasteiger charge is 2.29. The average molecular weight is 571 g/mol. The molecule has 7 aromatic rings. The Morgan fingerprint density at radius 2 is 1.20 bits per heavy atom. The molecule has 7 aromatic carbocycles. The Morgan fingerprint density at radius 3 is 2.00 bits per heavy atom. The maximum atomic E-state index is 2.39. The highest BCUT2D eigenvalue weighted by Crippen LogP contribution is 2.50. The summed E-state index contributed by atoms with van der Waals surface area (Å²) in [7, 11) is 0. The Bertz CT molecular complexity index is 2460. The van der Waals surface area contributed by atoms with Crippen molar-refractivity contribution >= 4 is 43.5 Å². The zero-order chi connectivity index (χ0) is 29.5. The van der Waals surface area contributed by atoms with Crippen molar-refractivity contribution in [2.24, 2.45) is 0 Å². The van der Waals surface area contributed by atoms with Gasteiger partial charge in [0.15, 0.2) is 0 Å². The van der Waals surface area contributed by atoms with E-state index >= 15 is 0 Å². The first-order valence-corrected chi connectivity index (χ1v) is 16.1. The smallest absolute Gasteiger partial charge is 0.0284 e. The van der Waals surface area contributed by atoms with Gasteiger partial charge in [-0.2, -0.15) is 0 Å². The van der Waals surface area contributed by atoms with Crippen molar-refractivity contribution in [1.82, 2.24) is 0 Å². The van der Waals surface area contributed by atoms with Gasteiger partial charge in [-0.3, -0.25) is 0 Å². The molecule has 45 heavy (non-hydrogen) atoms. The van der Waals surface area contributed by atoms with Gasteiger partial charge in [0.25, 0.3) is 0 Å². The van der Waals surface area contributed by atoms with Crippen molar-refractivity contribution in [3.8, 4) is 33.4 Å². The van der Waals surface area contributed by atoms with Crippen molar-refractivity contribution in [2.45, 2.75) is 18.8 Å². The summed E-state index contributed by atoms with van der Waals surface area (Å²) in [5.41, 5.74) is 14.6. The van der Waals surface area contributed by atoms with E-state index in [1.807, 2.05) is 0 Å². The maximum absolute atomic E-state index is 2.39. The van der Waals surface area contributed by atoms with Gasteiger partial charge in [-0.15, -0.1) is 0 Å². The molecule has 3 aliphatic carbocycles. The monoisotopic (exact) mass is 570 g/mol. The van der Waals surface area contributed by atoms with Crippen LogP contribution in [0.25, 0.3) is 76.8 Å². The molecule has 0 radical (unpaired) electrons. The average Bonchev–Trinajstić information content (AvgIpc) is 3.62. The number of fused-ring (bicyclic) bond motifs is 6. The largest absolute Gasteiger partial charge is 0.0836 e. The van der Waals surface area contributed by atoms with Crippen LogP contribution in [0.3, 0.4) is 0 Å². The van der Waals surface area contributed by atoms with Gasteiger partial charge in [-0.1, -0.05) is 146 Å². The van der Waals surface area contributed by atoms with Crippen LogP contribution >= 0.6 is 0 Å². The van der Waals surface area contributed by atoms with Crippen molar-refractivity contribution in [3.05, 3.63) is 168 Å². The predicted octanol–water partition coefficient (Wildman–Crippen LogP) is 12.4. The first-order chi connectivity index (χ1) is 22.3. The predicted molar refractivity (Wildman–Crippen MR) is 193 cm³/mol. The van der Waals surface area contributed by atoms with Crippen LogP contribution in [0.2, 0.25) is 0 Å². The highest BCUT2D eigenvalue weighted by atomic mass is 14.3. The van der Waals surface area contributed by atoms with E-state index in [0.717, 1.165) is 12.8 Å². The van der Waals surface area contributed by atoms with E-state index in [2.05, 4.69) is 152 Å². The molecular weight excluding hydrogens is 540 g/mol. The zero-order valence-electron chi connectivity index (χ0n) is 24.9.